The second kappa shape index (κ2) is 9.05. The molecule has 2 aromatic carbocycles. The van der Waals surface area contributed by atoms with Crippen LogP contribution in [0.4, 0.5) is 5.69 Å². The summed E-state index contributed by atoms with van der Waals surface area (Å²) in [5.74, 6) is 2.27. The van der Waals surface area contributed by atoms with Gasteiger partial charge >= 0.3 is 5.63 Å². The summed E-state index contributed by atoms with van der Waals surface area (Å²) >= 11 is 0. The van der Waals surface area contributed by atoms with E-state index in [0.717, 1.165) is 22.3 Å². The summed E-state index contributed by atoms with van der Waals surface area (Å²) < 4.78 is 38.9. The molecule has 1 N–H and O–H groups in total. The predicted molar refractivity (Wildman–Crippen MR) is 134 cm³/mol. The Kier molecular flexibility index (Phi) is 6.30. The Morgan fingerprint density at radius 1 is 1.12 bits per heavy atom. The van der Waals surface area contributed by atoms with Gasteiger partial charge in [0.25, 0.3) is 10.1 Å². The van der Waals surface area contributed by atoms with Crippen LogP contribution in [0.3, 0.4) is 0 Å². The molecule has 0 saturated heterocycles. The van der Waals surface area contributed by atoms with Crippen molar-refractivity contribution in [3.8, 4) is 12.3 Å². The van der Waals surface area contributed by atoms with Crippen molar-refractivity contribution in [1.82, 2.24) is 0 Å². The van der Waals surface area contributed by atoms with Gasteiger partial charge in [0.2, 0.25) is 5.69 Å². The van der Waals surface area contributed by atoms with Gasteiger partial charge in [-0.05, 0) is 50.6 Å². The molecular weight excluding hydrogens is 450 g/mol. The predicted octanol–water partition coefficient (Wildman–Crippen LogP) is 4.53. The van der Waals surface area contributed by atoms with Crippen molar-refractivity contribution in [2.75, 3.05) is 12.3 Å². The largest absolute Gasteiger partial charge is 0.422 e. The third kappa shape index (κ3) is 4.74. The van der Waals surface area contributed by atoms with Gasteiger partial charge < -0.3 is 4.42 Å². The van der Waals surface area contributed by atoms with Crippen LogP contribution in [-0.2, 0) is 15.5 Å². The van der Waals surface area contributed by atoms with E-state index in [1.165, 1.54) is 0 Å². The molecule has 1 aliphatic heterocycles. The lowest BCUT2D eigenvalue weighted by atomic mass is 9.81. The first-order valence-corrected chi connectivity index (χ1v) is 12.6. The molecule has 1 aromatic heterocycles. The van der Waals surface area contributed by atoms with E-state index in [-0.39, 0.29) is 11.2 Å². The Bertz CT molecular complexity index is 1540. The van der Waals surface area contributed by atoms with Crippen LogP contribution in [0.5, 0.6) is 0 Å². The van der Waals surface area contributed by atoms with Crippen molar-refractivity contribution >= 4 is 38.6 Å². The van der Waals surface area contributed by atoms with Gasteiger partial charge in [-0.15, -0.1) is 6.42 Å². The molecule has 0 amide bonds. The standard InChI is InChI=1S/C27H25NO5S/c1-4-19-11-12-20-18-21(26(29)33-24(20)17-19)13-14-25-27(2,3)22-9-5-6-10-23(22)28(25)15-7-8-16-34(30,31)32/h1,5-6,9-14,17-18H,7-8,15-16H2,2-3H3/p+1/b14-13+. The van der Waals surface area contributed by atoms with Crippen molar-refractivity contribution in [3.63, 3.8) is 0 Å². The average molecular weight is 477 g/mol. The number of para-hydroxylation sites is 1. The summed E-state index contributed by atoms with van der Waals surface area (Å²) in [6.45, 7) is 4.82. The number of fused-ring (bicyclic) bond motifs is 2. The van der Waals surface area contributed by atoms with Crippen molar-refractivity contribution in [1.29, 1.82) is 0 Å². The number of terminal acetylenes is 1. The SMILES string of the molecule is C#Cc1ccc2cc(/C=C/C3=[N+](CCCCS(=O)(=O)O)c4ccccc4C3(C)C)c(=O)oc2c1. The van der Waals surface area contributed by atoms with Crippen molar-refractivity contribution < 1.29 is 22.0 Å². The van der Waals surface area contributed by atoms with Gasteiger partial charge in [-0.3, -0.25) is 4.55 Å². The van der Waals surface area contributed by atoms with E-state index >= 15 is 0 Å². The van der Waals surface area contributed by atoms with Gasteiger partial charge in [-0.25, -0.2) is 4.79 Å². The molecule has 0 bridgehead atoms. The summed E-state index contributed by atoms with van der Waals surface area (Å²) in [5, 5.41) is 0.777. The van der Waals surface area contributed by atoms with E-state index in [0.29, 0.717) is 36.1 Å². The van der Waals surface area contributed by atoms with E-state index < -0.39 is 15.7 Å². The fourth-order valence-corrected chi connectivity index (χ4v) is 5.01. The van der Waals surface area contributed by atoms with E-state index in [2.05, 4.69) is 30.4 Å². The minimum atomic E-state index is -3.99. The van der Waals surface area contributed by atoms with Crippen molar-refractivity contribution in [3.05, 3.63) is 81.7 Å². The first-order valence-electron chi connectivity index (χ1n) is 11.0. The maximum Gasteiger partial charge on any atom is 0.343 e. The molecule has 0 aliphatic carbocycles. The molecule has 3 aromatic rings. The molecule has 34 heavy (non-hydrogen) atoms. The molecule has 6 nitrogen and oxygen atoms in total. The Balaban J connectivity index is 1.71. The first kappa shape index (κ1) is 23.7. The summed E-state index contributed by atoms with van der Waals surface area (Å²) in [6.07, 6.45) is 10.1. The zero-order chi connectivity index (χ0) is 24.5. The fraction of sp³-hybridized carbons (Fsp3) is 0.259. The molecule has 0 fully saturated rings. The molecule has 0 unspecified atom stereocenters. The summed E-state index contributed by atoms with van der Waals surface area (Å²) in [6, 6.07) is 15.2. The lowest BCUT2D eigenvalue weighted by Crippen LogP contribution is -2.28. The Morgan fingerprint density at radius 3 is 2.62 bits per heavy atom. The van der Waals surface area contributed by atoms with Crippen LogP contribution in [0, 0.1) is 12.3 Å². The van der Waals surface area contributed by atoms with Crippen molar-refractivity contribution in [2.24, 2.45) is 0 Å². The molecule has 0 saturated carbocycles. The van der Waals surface area contributed by atoms with Gasteiger partial charge in [-0.1, -0.05) is 24.1 Å². The lowest BCUT2D eigenvalue weighted by molar-refractivity contribution is -0.438. The minimum Gasteiger partial charge on any atom is -0.422 e. The number of hydrogen-bond donors (Lipinski definition) is 1. The number of hydrogen-bond acceptors (Lipinski definition) is 4. The molecule has 0 atom stereocenters. The molecule has 7 heteroatoms. The van der Waals surface area contributed by atoms with Gasteiger partial charge in [0.1, 0.15) is 12.1 Å². The number of allylic oxidation sites excluding steroid dienone is 1. The minimum absolute atomic E-state index is 0.267. The van der Waals surface area contributed by atoms with E-state index in [4.69, 9.17) is 15.4 Å². The first-order chi connectivity index (χ1) is 16.1. The van der Waals surface area contributed by atoms with Crippen LogP contribution in [-0.4, -0.2) is 35.6 Å². The zero-order valence-corrected chi connectivity index (χ0v) is 19.9. The van der Waals surface area contributed by atoms with Gasteiger partial charge in [0, 0.05) is 35.1 Å². The van der Waals surface area contributed by atoms with Gasteiger partial charge in [-0.2, -0.15) is 13.0 Å². The molecule has 4 rings (SSSR count). The van der Waals surface area contributed by atoms with Crippen LogP contribution >= 0.6 is 0 Å². The summed E-state index contributed by atoms with van der Waals surface area (Å²) in [4.78, 5) is 12.6. The average Bonchev–Trinajstić information content (AvgIpc) is 3.00. The zero-order valence-electron chi connectivity index (χ0n) is 19.1. The van der Waals surface area contributed by atoms with Crippen LogP contribution < -0.4 is 5.63 Å². The topological polar surface area (TPSA) is 87.6 Å². The third-order valence-corrected chi connectivity index (χ3v) is 6.99. The van der Waals surface area contributed by atoms with Crippen LogP contribution in [0.15, 0.2) is 63.8 Å². The normalized spacial score (nSPS) is 15.1. The lowest BCUT2D eigenvalue weighted by Gasteiger charge is -2.15. The highest BCUT2D eigenvalue weighted by Crippen LogP contribution is 2.40. The van der Waals surface area contributed by atoms with Crippen LogP contribution in [0.1, 0.15) is 43.4 Å². The van der Waals surface area contributed by atoms with Crippen LogP contribution in [0.2, 0.25) is 0 Å². The molecule has 0 radical (unpaired) electrons. The number of benzene rings is 2. The number of nitrogens with zero attached hydrogens (tertiary/aromatic N) is 1. The maximum absolute atomic E-state index is 12.6. The Hall–Kier alpha value is -3.47. The smallest absolute Gasteiger partial charge is 0.343 e. The molecule has 0 spiro atoms. The van der Waals surface area contributed by atoms with E-state index in [1.54, 1.807) is 24.3 Å². The fourth-order valence-electron chi connectivity index (χ4n) is 4.44. The third-order valence-electron chi connectivity index (χ3n) is 6.18. The number of rotatable bonds is 7. The summed E-state index contributed by atoms with van der Waals surface area (Å²) in [5.41, 5.74) is 3.92. The monoisotopic (exact) mass is 476 g/mol. The molecular formula is C27H26NO5S+. The molecule has 1 aliphatic rings. The van der Waals surface area contributed by atoms with Gasteiger partial charge in [0.15, 0.2) is 5.71 Å². The Morgan fingerprint density at radius 2 is 1.88 bits per heavy atom. The van der Waals surface area contributed by atoms with Crippen molar-refractivity contribution in [2.45, 2.75) is 32.1 Å². The van der Waals surface area contributed by atoms with E-state index in [1.807, 2.05) is 30.3 Å². The highest BCUT2D eigenvalue weighted by molar-refractivity contribution is 7.85. The second-order valence-corrected chi connectivity index (χ2v) is 10.5. The molecule has 2 heterocycles. The maximum atomic E-state index is 12.6. The van der Waals surface area contributed by atoms with Gasteiger partial charge in [0.05, 0.1) is 16.7 Å². The summed E-state index contributed by atoms with van der Waals surface area (Å²) in [7, 11) is -3.99. The molecule has 174 valence electrons. The number of unbranched alkanes of at least 4 members (excludes halogenated alkanes) is 1. The Labute approximate surface area is 199 Å². The highest BCUT2D eigenvalue weighted by Gasteiger charge is 2.43. The quantitative estimate of drug-likeness (QED) is 0.178. The van der Waals surface area contributed by atoms with E-state index in [9.17, 15) is 13.2 Å². The highest BCUT2D eigenvalue weighted by atomic mass is 32.2. The van der Waals surface area contributed by atoms with Crippen LogP contribution in [0.25, 0.3) is 17.0 Å². The second-order valence-electron chi connectivity index (χ2n) is 8.89.